The Bertz CT molecular complexity index is 95.4. The van der Waals surface area contributed by atoms with Crippen LogP contribution in [0.3, 0.4) is 0 Å². The van der Waals surface area contributed by atoms with Crippen LogP contribution in [0, 0.1) is 0 Å². The molecule has 0 aliphatic carbocycles. The van der Waals surface area contributed by atoms with Gasteiger partial charge in [0.2, 0.25) is 0 Å². The Kier molecular flexibility index (Phi) is 40.1. The van der Waals surface area contributed by atoms with Gasteiger partial charge in [0.05, 0.1) is 0 Å². The van der Waals surface area contributed by atoms with Crippen molar-refractivity contribution in [3.8, 4) is 0 Å². The monoisotopic (exact) mass is 142 g/mol. The molecule has 0 atom stereocenters. The molecule has 0 bridgehead atoms. The van der Waals surface area contributed by atoms with Gasteiger partial charge in [-0.2, -0.15) is 0 Å². The van der Waals surface area contributed by atoms with Gasteiger partial charge in [-0.25, -0.2) is 4.79 Å². The minimum absolute atomic E-state index is 0.833. The number of carbonyl (C=O) groups is 1. The molecule has 0 saturated heterocycles. The number of carboxylic acids is 1. The third kappa shape index (κ3) is 455. The third-order valence-electron chi connectivity index (χ3n) is 0.175. The standard InChI is InChI=1S/C3H4O2.C3H6.C2H4/c1-2-3(4)5;1-3-2;1-2/h2H,1H2,(H,4,5);3H,1H2,2H3;1-2H2. The van der Waals surface area contributed by atoms with Gasteiger partial charge in [-0.1, -0.05) is 12.7 Å². The molecule has 2 nitrogen and oxygen atoms in total. The van der Waals surface area contributed by atoms with Crippen molar-refractivity contribution >= 4 is 5.97 Å². The Morgan fingerprint density at radius 2 is 1.50 bits per heavy atom. The molecule has 0 saturated carbocycles. The smallest absolute Gasteiger partial charge is 0.327 e. The molecule has 0 fully saturated rings. The highest BCUT2D eigenvalue weighted by Crippen LogP contribution is 1.54. The van der Waals surface area contributed by atoms with E-state index in [-0.39, 0.29) is 0 Å². The zero-order chi connectivity index (χ0) is 8.99. The first-order valence-electron chi connectivity index (χ1n) is 2.61. The second-order valence-electron chi connectivity index (χ2n) is 0.951. The molecule has 2 heteroatoms. The van der Waals surface area contributed by atoms with Crippen molar-refractivity contribution in [3.05, 3.63) is 38.5 Å². The predicted octanol–water partition coefficient (Wildman–Crippen LogP) is 2.25. The summed E-state index contributed by atoms with van der Waals surface area (Å²) in [6, 6.07) is 0. The van der Waals surface area contributed by atoms with Gasteiger partial charge < -0.3 is 5.11 Å². The molecule has 0 aromatic carbocycles. The molecular weight excluding hydrogens is 128 g/mol. The molecule has 0 rings (SSSR count). The van der Waals surface area contributed by atoms with Crippen LogP contribution in [0.1, 0.15) is 6.92 Å². The van der Waals surface area contributed by atoms with E-state index in [0.29, 0.717) is 0 Å². The Morgan fingerprint density at radius 1 is 1.40 bits per heavy atom. The van der Waals surface area contributed by atoms with E-state index in [0.717, 1.165) is 6.08 Å². The highest BCUT2D eigenvalue weighted by Gasteiger charge is 1.73. The lowest BCUT2D eigenvalue weighted by Gasteiger charge is -1.64. The van der Waals surface area contributed by atoms with Crippen LogP contribution in [0.5, 0.6) is 0 Å². The van der Waals surface area contributed by atoms with Gasteiger partial charge in [0.1, 0.15) is 0 Å². The second kappa shape index (κ2) is 25.3. The molecule has 0 aromatic rings. The van der Waals surface area contributed by atoms with Crippen molar-refractivity contribution in [2.45, 2.75) is 6.92 Å². The summed E-state index contributed by atoms with van der Waals surface area (Å²) in [6.45, 7) is 14.2. The number of allylic oxidation sites excluding steroid dienone is 1. The van der Waals surface area contributed by atoms with Gasteiger partial charge in [0.25, 0.3) is 0 Å². The summed E-state index contributed by atoms with van der Waals surface area (Å²) in [5.41, 5.74) is 0. The van der Waals surface area contributed by atoms with Gasteiger partial charge >= 0.3 is 5.97 Å². The Hall–Kier alpha value is -1.31. The quantitative estimate of drug-likeness (QED) is 0.450. The van der Waals surface area contributed by atoms with Crippen LogP contribution < -0.4 is 0 Å². The van der Waals surface area contributed by atoms with E-state index in [1.165, 1.54) is 0 Å². The number of rotatable bonds is 1. The van der Waals surface area contributed by atoms with Crippen molar-refractivity contribution in [1.82, 2.24) is 0 Å². The largest absolute Gasteiger partial charge is 0.478 e. The van der Waals surface area contributed by atoms with Crippen molar-refractivity contribution in [2.24, 2.45) is 0 Å². The molecular formula is C8H14O2. The zero-order valence-corrected chi connectivity index (χ0v) is 6.34. The van der Waals surface area contributed by atoms with E-state index in [1.54, 1.807) is 6.08 Å². The fourth-order valence-electron chi connectivity index (χ4n) is 0. The van der Waals surface area contributed by atoms with Crippen LogP contribution in [-0.4, -0.2) is 11.1 Å². The van der Waals surface area contributed by atoms with Crippen LogP contribution in [0.15, 0.2) is 38.5 Å². The molecule has 0 aliphatic heterocycles. The number of carboxylic acid groups (broad SMARTS) is 1. The minimum Gasteiger partial charge on any atom is -0.478 e. The maximum absolute atomic E-state index is 9.25. The fourth-order valence-corrected chi connectivity index (χ4v) is 0. The topological polar surface area (TPSA) is 37.3 Å². The van der Waals surface area contributed by atoms with Crippen molar-refractivity contribution in [3.63, 3.8) is 0 Å². The summed E-state index contributed by atoms with van der Waals surface area (Å²) < 4.78 is 0. The molecule has 58 valence electrons. The molecule has 0 heterocycles. The molecule has 0 aliphatic rings. The number of aliphatic carboxylic acids is 1. The van der Waals surface area contributed by atoms with Crippen LogP contribution in [0.4, 0.5) is 0 Å². The van der Waals surface area contributed by atoms with Gasteiger partial charge in [-0.15, -0.1) is 19.7 Å². The average Bonchev–Trinajstić information content (AvgIpc) is 1.94. The summed E-state index contributed by atoms with van der Waals surface area (Å²) in [7, 11) is 0. The maximum Gasteiger partial charge on any atom is 0.327 e. The molecule has 0 aromatic heterocycles. The molecule has 0 unspecified atom stereocenters. The van der Waals surface area contributed by atoms with Crippen LogP contribution in [0.2, 0.25) is 0 Å². The minimum atomic E-state index is -0.981. The van der Waals surface area contributed by atoms with Crippen molar-refractivity contribution < 1.29 is 9.90 Å². The molecule has 0 radical (unpaired) electrons. The van der Waals surface area contributed by atoms with E-state index in [4.69, 9.17) is 5.11 Å². The lowest BCUT2D eigenvalue weighted by atomic mass is 10.7. The SMILES string of the molecule is C=C.C=CC.C=CC(=O)O. The average molecular weight is 142 g/mol. The third-order valence-corrected chi connectivity index (χ3v) is 0.175. The molecule has 10 heavy (non-hydrogen) atoms. The van der Waals surface area contributed by atoms with Gasteiger partial charge in [-0.05, 0) is 6.92 Å². The highest BCUT2D eigenvalue weighted by molar-refractivity contribution is 5.78. The summed E-state index contributed by atoms with van der Waals surface area (Å²) in [6.07, 6.45) is 2.58. The summed E-state index contributed by atoms with van der Waals surface area (Å²) in [5, 5.41) is 7.60. The fraction of sp³-hybridized carbons (Fsp3) is 0.125. The van der Waals surface area contributed by atoms with Gasteiger partial charge in [0, 0.05) is 6.08 Å². The van der Waals surface area contributed by atoms with E-state index in [9.17, 15) is 4.79 Å². The van der Waals surface area contributed by atoms with Gasteiger partial charge in [-0.3, -0.25) is 0 Å². The first-order valence-corrected chi connectivity index (χ1v) is 2.61. The second-order valence-corrected chi connectivity index (χ2v) is 0.951. The lowest BCUT2D eigenvalue weighted by Crippen LogP contribution is -1.82. The zero-order valence-electron chi connectivity index (χ0n) is 6.34. The Labute approximate surface area is 62.2 Å². The maximum atomic E-state index is 9.25. The Balaban J connectivity index is -0.0000000847. The van der Waals surface area contributed by atoms with Crippen molar-refractivity contribution in [1.29, 1.82) is 0 Å². The van der Waals surface area contributed by atoms with Crippen LogP contribution in [0.25, 0.3) is 0 Å². The lowest BCUT2D eigenvalue weighted by molar-refractivity contribution is -0.131. The number of hydrogen-bond donors (Lipinski definition) is 1. The van der Waals surface area contributed by atoms with E-state index in [1.807, 2.05) is 6.92 Å². The summed E-state index contributed by atoms with van der Waals surface area (Å²) in [5.74, 6) is -0.981. The van der Waals surface area contributed by atoms with Crippen LogP contribution in [-0.2, 0) is 4.79 Å². The normalized spacial score (nSPS) is 4.90. The number of hydrogen-bond acceptors (Lipinski definition) is 1. The Morgan fingerprint density at radius 3 is 1.50 bits per heavy atom. The highest BCUT2D eigenvalue weighted by atomic mass is 16.4. The van der Waals surface area contributed by atoms with E-state index in [2.05, 4.69) is 26.3 Å². The van der Waals surface area contributed by atoms with E-state index < -0.39 is 5.97 Å². The molecule has 0 spiro atoms. The summed E-state index contributed by atoms with van der Waals surface area (Å²) >= 11 is 0. The molecule has 0 amide bonds. The molecule has 1 N–H and O–H groups in total. The predicted molar refractivity (Wildman–Crippen MR) is 45.0 cm³/mol. The summed E-state index contributed by atoms with van der Waals surface area (Å²) in [4.78, 5) is 9.25. The first-order chi connectivity index (χ1) is 4.68. The first kappa shape index (κ1) is 15.9. The van der Waals surface area contributed by atoms with E-state index >= 15 is 0 Å². The van der Waals surface area contributed by atoms with Gasteiger partial charge in [0.15, 0.2) is 0 Å². The van der Waals surface area contributed by atoms with Crippen molar-refractivity contribution in [2.75, 3.05) is 0 Å². The van der Waals surface area contributed by atoms with Crippen LogP contribution >= 0.6 is 0 Å².